The van der Waals surface area contributed by atoms with E-state index in [4.69, 9.17) is 20.8 Å². The zero-order valence-electron chi connectivity index (χ0n) is 12.8. The van der Waals surface area contributed by atoms with E-state index in [-0.39, 0.29) is 31.8 Å². The Morgan fingerprint density at radius 1 is 1.12 bits per heavy atom. The zero-order valence-corrected chi connectivity index (χ0v) is 13.5. The van der Waals surface area contributed by atoms with Crippen molar-refractivity contribution in [1.29, 1.82) is 0 Å². The second kappa shape index (κ2) is 6.67. The average molecular weight is 350 g/mol. The number of aliphatic carboxylic acids is 1. The molecule has 0 saturated carbocycles. The first-order valence-corrected chi connectivity index (χ1v) is 7.88. The molecule has 6 nitrogen and oxygen atoms in total. The Morgan fingerprint density at radius 3 is 2.50 bits per heavy atom. The summed E-state index contributed by atoms with van der Waals surface area (Å²) in [4.78, 5) is 24.0. The molecule has 0 bridgehead atoms. The van der Waals surface area contributed by atoms with Crippen LogP contribution in [0.1, 0.15) is 23.4 Å². The van der Waals surface area contributed by atoms with Gasteiger partial charge in [-0.25, -0.2) is 4.79 Å². The molecule has 1 aromatic carbocycles. The van der Waals surface area contributed by atoms with E-state index in [1.165, 1.54) is 6.07 Å². The minimum absolute atomic E-state index is 0.0389. The zero-order chi connectivity index (χ0) is 17.2. The summed E-state index contributed by atoms with van der Waals surface area (Å²) in [6.07, 6.45) is 0.429. The molecule has 0 spiro atoms. The molecule has 1 saturated heterocycles. The third-order valence-corrected chi connectivity index (χ3v) is 4.41. The number of benzene rings is 1. The molecule has 24 heavy (non-hydrogen) atoms. The van der Waals surface area contributed by atoms with Crippen molar-refractivity contribution in [2.75, 3.05) is 13.2 Å². The lowest BCUT2D eigenvalue weighted by Gasteiger charge is -2.33. The summed E-state index contributed by atoms with van der Waals surface area (Å²) in [6.45, 7) is 0.575. The van der Waals surface area contributed by atoms with Gasteiger partial charge in [0.1, 0.15) is 11.3 Å². The summed E-state index contributed by atoms with van der Waals surface area (Å²) in [5, 5.41) is 12.6. The van der Waals surface area contributed by atoms with Crippen molar-refractivity contribution in [2.24, 2.45) is 0 Å². The number of ether oxygens (including phenoxy) is 1. The van der Waals surface area contributed by atoms with E-state index in [0.717, 1.165) is 0 Å². The normalized spacial score (nSPS) is 16.5. The van der Waals surface area contributed by atoms with E-state index in [1.807, 2.05) is 6.07 Å². The highest BCUT2D eigenvalue weighted by atomic mass is 35.5. The maximum Gasteiger partial charge on any atom is 0.329 e. The first kappa shape index (κ1) is 16.5. The van der Waals surface area contributed by atoms with Crippen molar-refractivity contribution in [3.05, 3.63) is 47.2 Å². The standard InChI is InChI=1S/C17H16ClNO5/c18-12-4-2-1-3-11(12)13-5-6-14(24-13)15(20)19-17(16(21)22)7-9-23-10-8-17/h1-6H,7-10H2,(H,19,20)(H,21,22). The van der Waals surface area contributed by atoms with Crippen LogP contribution in [0.15, 0.2) is 40.8 Å². The number of rotatable bonds is 4. The number of carbonyl (C=O) groups is 2. The van der Waals surface area contributed by atoms with Crippen LogP contribution in [-0.2, 0) is 9.53 Å². The maximum atomic E-state index is 12.4. The third kappa shape index (κ3) is 3.16. The molecule has 0 unspecified atom stereocenters. The summed E-state index contributed by atoms with van der Waals surface area (Å²) in [6, 6.07) is 10.2. The average Bonchev–Trinajstić information content (AvgIpc) is 3.06. The molecule has 1 amide bonds. The minimum atomic E-state index is -1.33. The SMILES string of the molecule is O=C(NC1(C(=O)O)CCOCC1)c1ccc(-c2ccccc2Cl)o1. The summed E-state index contributed by atoms with van der Waals surface area (Å²) in [5.74, 6) is -1.16. The highest BCUT2D eigenvalue weighted by molar-refractivity contribution is 6.33. The van der Waals surface area contributed by atoms with Gasteiger partial charge in [0.15, 0.2) is 5.76 Å². The lowest BCUT2D eigenvalue weighted by molar-refractivity contribution is -0.148. The molecule has 126 valence electrons. The van der Waals surface area contributed by atoms with Gasteiger partial charge in [-0.2, -0.15) is 0 Å². The van der Waals surface area contributed by atoms with Crippen LogP contribution in [0.5, 0.6) is 0 Å². The summed E-state index contributed by atoms with van der Waals surface area (Å²) < 4.78 is 10.7. The number of carbonyl (C=O) groups excluding carboxylic acids is 1. The van der Waals surface area contributed by atoms with E-state index in [9.17, 15) is 14.7 Å². The lowest BCUT2D eigenvalue weighted by atomic mass is 9.90. The molecule has 1 aliphatic heterocycles. The monoisotopic (exact) mass is 349 g/mol. The van der Waals surface area contributed by atoms with Crippen molar-refractivity contribution in [2.45, 2.75) is 18.4 Å². The first-order valence-electron chi connectivity index (χ1n) is 7.50. The van der Waals surface area contributed by atoms with E-state index in [0.29, 0.717) is 16.3 Å². The molecular formula is C17H16ClNO5. The van der Waals surface area contributed by atoms with Gasteiger partial charge in [-0.05, 0) is 24.3 Å². The number of furan rings is 1. The van der Waals surface area contributed by atoms with E-state index in [2.05, 4.69) is 5.32 Å². The molecule has 1 aromatic heterocycles. The minimum Gasteiger partial charge on any atom is -0.480 e. The summed E-state index contributed by atoms with van der Waals surface area (Å²) >= 11 is 6.11. The van der Waals surface area contributed by atoms with Gasteiger partial charge in [-0.15, -0.1) is 0 Å². The Morgan fingerprint density at radius 2 is 1.83 bits per heavy atom. The van der Waals surface area contributed by atoms with Crippen molar-refractivity contribution >= 4 is 23.5 Å². The Hall–Kier alpha value is -2.31. The van der Waals surface area contributed by atoms with Gasteiger partial charge in [-0.1, -0.05) is 23.7 Å². The van der Waals surface area contributed by atoms with Crippen LogP contribution < -0.4 is 5.32 Å². The van der Waals surface area contributed by atoms with Crippen LogP contribution in [0.2, 0.25) is 5.02 Å². The quantitative estimate of drug-likeness (QED) is 0.885. The van der Waals surface area contributed by atoms with Gasteiger partial charge in [0.2, 0.25) is 0 Å². The largest absolute Gasteiger partial charge is 0.480 e. The fourth-order valence-electron chi connectivity index (χ4n) is 2.66. The van der Waals surface area contributed by atoms with Gasteiger partial charge in [0.25, 0.3) is 5.91 Å². The Kier molecular flexibility index (Phi) is 4.59. The highest BCUT2D eigenvalue weighted by Gasteiger charge is 2.42. The number of halogens is 1. The highest BCUT2D eigenvalue weighted by Crippen LogP contribution is 2.29. The fourth-order valence-corrected chi connectivity index (χ4v) is 2.89. The van der Waals surface area contributed by atoms with Crippen molar-refractivity contribution in [3.8, 4) is 11.3 Å². The maximum absolute atomic E-state index is 12.4. The van der Waals surface area contributed by atoms with Crippen molar-refractivity contribution in [3.63, 3.8) is 0 Å². The smallest absolute Gasteiger partial charge is 0.329 e. The molecule has 0 atom stereocenters. The van der Waals surface area contributed by atoms with E-state index in [1.54, 1.807) is 24.3 Å². The van der Waals surface area contributed by atoms with Crippen molar-refractivity contribution in [1.82, 2.24) is 5.32 Å². The predicted molar refractivity (Wildman–Crippen MR) is 87.0 cm³/mol. The second-order valence-corrected chi connectivity index (χ2v) is 6.00. The number of carboxylic acids is 1. The molecule has 2 heterocycles. The molecular weight excluding hydrogens is 334 g/mol. The Labute approximate surface area is 143 Å². The molecule has 2 N–H and O–H groups in total. The van der Waals surface area contributed by atoms with Crippen LogP contribution in [0.4, 0.5) is 0 Å². The molecule has 1 aliphatic rings. The molecule has 2 aromatic rings. The predicted octanol–water partition coefficient (Wildman–Crippen LogP) is 2.96. The van der Waals surface area contributed by atoms with Gasteiger partial charge in [0.05, 0.1) is 5.02 Å². The second-order valence-electron chi connectivity index (χ2n) is 5.60. The van der Waals surface area contributed by atoms with Gasteiger partial charge in [0, 0.05) is 31.6 Å². The number of carboxylic acid groups (broad SMARTS) is 1. The fraction of sp³-hybridized carbons (Fsp3) is 0.294. The Bertz CT molecular complexity index is 764. The number of nitrogens with one attached hydrogen (secondary N) is 1. The third-order valence-electron chi connectivity index (χ3n) is 4.08. The topological polar surface area (TPSA) is 88.8 Å². The number of hydrogen-bond donors (Lipinski definition) is 2. The van der Waals surface area contributed by atoms with Crippen LogP contribution >= 0.6 is 11.6 Å². The van der Waals surface area contributed by atoms with Gasteiger partial charge >= 0.3 is 5.97 Å². The van der Waals surface area contributed by atoms with Crippen LogP contribution in [0.3, 0.4) is 0 Å². The number of hydrogen-bond acceptors (Lipinski definition) is 4. The van der Waals surface area contributed by atoms with E-state index >= 15 is 0 Å². The molecule has 3 rings (SSSR count). The van der Waals surface area contributed by atoms with Crippen LogP contribution in [0, 0.1) is 0 Å². The number of amides is 1. The van der Waals surface area contributed by atoms with Crippen LogP contribution in [0.25, 0.3) is 11.3 Å². The van der Waals surface area contributed by atoms with Crippen LogP contribution in [-0.4, -0.2) is 35.7 Å². The van der Waals surface area contributed by atoms with Crippen molar-refractivity contribution < 1.29 is 23.8 Å². The molecule has 0 radical (unpaired) electrons. The summed E-state index contributed by atoms with van der Waals surface area (Å²) in [7, 11) is 0. The summed E-state index contributed by atoms with van der Waals surface area (Å²) in [5.41, 5.74) is -0.663. The Balaban J connectivity index is 1.81. The van der Waals surface area contributed by atoms with Gasteiger partial charge in [-0.3, -0.25) is 4.79 Å². The molecule has 7 heteroatoms. The lowest BCUT2D eigenvalue weighted by Crippen LogP contribution is -2.57. The van der Waals surface area contributed by atoms with Gasteiger partial charge < -0.3 is 19.6 Å². The first-order chi connectivity index (χ1) is 11.5. The van der Waals surface area contributed by atoms with E-state index < -0.39 is 17.4 Å². The molecule has 0 aliphatic carbocycles. The molecule has 1 fully saturated rings.